The van der Waals surface area contributed by atoms with Gasteiger partial charge in [0.25, 0.3) is 0 Å². The Bertz CT molecular complexity index is 450. The molecule has 3 rings (SSSR count). The average molecular weight is 422 g/mol. The summed E-state index contributed by atoms with van der Waals surface area (Å²) in [6, 6.07) is 8.70. The maximum absolute atomic E-state index is 5.91. The predicted octanol–water partition coefficient (Wildman–Crippen LogP) is 5.82. The van der Waals surface area contributed by atoms with Crippen LogP contribution in [0.1, 0.15) is 79.2 Å². The second kappa shape index (κ2) is 21.1. The molecule has 1 N–H and O–H groups in total. The fourth-order valence-electron chi connectivity index (χ4n) is 3.67. The van der Waals surface area contributed by atoms with Crippen LogP contribution in [-0.4, -0.2) is 62.2 Å². The monoisotopic (exact) mass is 421 g/mol. The minimum atomic E-state index is 0.827. The van der Waals surface area contributed by atoms with E-state index in [0.717, 1.165) is 45.0 Å². The van der Waals surface area contributed by atoms with E-state index in [1.807, 2.05) is 41.5 Å². The molecule has 2 aliphatic heterocycles. The zero-order chi connectivity index (χ0) is 22.5. The Hall–Kier alpha value is -1.10. The maximum Gasteiger partial charge on any atom is 0.119 e. The minimum Gasteiger partial charge on any atom is -0.494 e. The molecule has 0 spiro atoms. The standard InChI is InChI=1S/C20H33N3O.3C2H6/c1-2-12-22(13-3-1)15-5-17-24-20-8-6-19(7-9-20)18-23-14-4-10-21-11-16-23;3*1-2/h6-9,21H,1-5,10-18H2;3*1-2H3. The summed E-state index contributed by atoms with van der Waals surface area (Å²) in [5, 5.41) is 3.46. The van der Waals surface area contributed by atoms with Crippen LogP contribution < -0.4 is 10.1 Å². The molecule has 0 unspecified atom stereocenters. The molecule has 0 bridgehead atoms. The molecule has 2 saturated heterocycles. The van der Waals surface area contributed by atoms with Gasteiger partial charge in [-0.3, -0.25) is 4.90 Å². The highest BCUT2D eigenvalue weighted by atomic mass is 16.5. The van der Waals surface area contributed by atoms with E-state index in [9.17, 15) is 0 Å². The number of benzene rings is 1. The highest BCUT2D eigenvalue weighted by Crippen LogP contribution is 2.15. The molecule has 0 saturated carbocycles. The third-order valence-electron chi connectivity index (χ3n) is 5.10. The van der Waals surface area contributed by atoms with Crippen molar-refractivity contribution in [2.45, 2.75) is 80.2 Å². The molecule has 2 heterocycles. The molecule has 0 atom stereocenters. The van der Waals surface area contributed by atoms with Gasteiger partial charge in [0.2, 0.25) is 0 Å². The summed E-state index contributed by atoms with van der Waals surface area (Å²) in [5.41, 5.74) is 1.39. The van der Waals surface area contributed by atoms with Gasteiger partial charge >= 0.3 is 0 Å². The van der Waals surface area contributed by atoms with E-state index >= 15 is 0 Å². The maximum atomic E-state index is 5.91. The zero-order valence-corrected chi connectivity index (χ0v) is 21.0. The molecular formula is C26H51N3O. The summed E-state index contributed by atoms with van der Waals surface area (Å²) in [4.78, 5) is 5.11. The van der Waals surface area contributed by atoms with Crippen molar-refractivity contribution in [1.82, 2.24) is 15.1 Å². The number of likely N-dealkylation sites (tertiary alicyclic amines) is 1. The molecule has 0 radical (unpaired) electrons. The number of nitrogens with one attached hydrogen (secondary N) is 1. The number of rotatable bonds is 7. The molecule has 0 aliphatic carbocycles. The fraction of sp³-hybridized carbons (Fsp3) is 0.769. The van der Waals surface area contributed by atoms with Gasteiger partial charge < -0.3 is 15.0 Å². The first-order valence-electron chi connectivity index (χ1n) is 12.8. The summed E-state index contributed by atoms with van der Waals surface area (Å²) in [7, 11) is 0. The topological polar surface area (TPSA) is 27.7 Å². The molecule has 30 heavy (non-hydrogen) atoms. The molecule has 0 aromatic heterocycles. The molecular weight excluding hydrogens is 370 g/mol. The van der Waals surface area contributed by atoms with Crippen LogP contribution in [0.4, 0.5) is 0 Å². The van der Waals surface area contributed by atoms with E-state index < -0.39 is 0 Å². The summed E-state index contributed by atoms with van der Waals surface area (Å²) in [6.45, 7) is 22.2. The molecule has 1 aromatic rings. The number of piperidine rings is 1. The third-order valence-corrected chi connectivity index (χ3v) is 5.10. The average Bonchev–Trinajstić information content (AvgIpc) is 3.11. The lowest BCUT2D eigenvalue weighted by Gasteiger charge is -2.26. The normalized spacial score (nSPS) is 17.1. The van der Waals surface area contributed by atoms with Gasteiger partial charge in [-0.1, -0.05) is 60.1 Å². The van der Waals surface area contributed by atoms with E-state index in [4.69, 9.17) is 4.74 Å². The van der Waals surface area contributed by atoms with Crippen molar-refractivity contribution in [3.8, 4) is 5.75 Å². The Morgan fingerprint density at radius 3 is 2.03 bits per heavy atom. The van der Waals surface area contributed by atoms with Crippen molar-refractivity contribution in [3.63, 3.8) is 0 Å². The van der Waals surface area contributed by atoms with Gasteiger partial charge in [-0.15, -0.1) is 0 Å². The van der Waals surface area contributed by atoms with Crippen LogP contribution in [-0.2, 0) is 6.54 Å². The second-order valence-corrected chi connectivity index (χ2v) is 7.13. The highest BCUT2D eigenvalue weighted by molar-refractivity contribution is 5.27. The lowest BCUT2D eigenvalue weighted by Crippen LogP contribution is -2.31. The van der Waals surface area contributed by atoms with Crippen molar-refractivity contribution in [2.75, 3.05) is 52.4 Å². The number of nitrogens with zero attached hydrogens (tertiary/aromatic N) is 2. The Morgan fingerprint density at radius 2 is 1.37 bits per heavy atom. The van der Waals surface area contributed by atoms with Gasteiger partial charge in [0, 0.05) is 26.2 Å². The van der Waals surface area contributed by atoms with Gasteiger partial charge in [-0.2, -0.15) is 0 Å². The smallest absolute Gasteiger partial charge is 0.119 e. The molecule has 4 nitrogen and oxygen atoms in total. The quantitative estimate of drug-likeness (QED) is 0.562. The Morgan fingerprint density at radius 1 is 0.733 bits per heavy atom. The minimum absolute atomic E-state index is 0.827. The first-order valence-corrected chi connectivity index (χ1v) is 12.8. The van der Waals surface area contributed by atoms with Crippen molar-refractivity contribution >= 4 is 0 Å². The Balaban J connectivity index is 0.00000129. The van der Waals surface area contributed by atoms with Gasteiger partial charge in [0.15, 0.2) is 0 Å². The van der Waals surface area contributed by atoms with Crippen LogP contribution in [0.2, 0.25) is 0 Å². The largest absolute Gasteiger partial charge is 0.494 e. The van der Waals surface area contributed by atoms with Gasteiger partial charge in [-0.05, 0) is 69.6 Å². The Labute approximate surface area is 188 Å². The van der Waals surface area contributed by atoms with E-state index in [2.05, 4.69) is 39.4 Å². The number of ether oxygens (including phenoxy) is 1. The molecule has 2 aliphatic rings. The first kappa shape index (κ1) is 28.9. The highest BCUT2D eigenvalue weighted by Gasteiger charge is 2.10. The SMILES string of the molecule is CC.CC.CC.c1cc(OCCCN2CCCCC2)ccc1CN1CCCNCC1. The molecule has 176 valence electrons. The second-order valence-electron chi connectivity index (χ2n) is 7.13. The van der Waals surface area contributed by atoms with Gasteiger partial charge in [-0.25, -0.2) is 0 Å². The van der Waals surface area contributed by atoms with Crippen molar-refractivity contribution in [3.05, 3.63) is 29.8 Å². The summed E-state index contributed by atoms with van der Waals surface area (Å²) < 4.78 is 5.91. The first-order chi connectivity index (χ1) is 14.9. The van der Waals surface area contributed by atoms with Crippen molar-refractivity contribution in [1.29, 1.82) is 0 Å². The van der Waals surface area contributed by atoms with Crippen LogP contribution in [0.5, 0.6) is 5.75 Å². The van der Waals surface area contributed by atoms with E-state index in [-0.39, 0.29) is 0 Å². The molecule has 4 heteroatoms. The number of hydrogen-bond donors (Lipinski definition) is 1. The van der Waals surface area contributed by atoms with Crippen LogP contribution in [0.3, 0.4) is 0 Å². The van der Waals surface area contributed by atoms with E-state index in [1.165, 1.54) is 57.4 Å². The van der Waals surface area contributed by atoms with Gasteiger partial charge in [0.05, 0.1) is 6.61 Å². The molecule has 0 amide bonds. The van der Waals surface area contributed by atoms with Crippen molar-refractivity contribution < 1.29 is 4.74 Å². The summed E-state index contributed by atoms with van der Waals surface area (Å²) in [6.07, 6.45) is 6.53. The van der Waals surface area contributed by atoms with Crippen LogP contribution >= 0.6 is 0 Å². The summed E-state index contributed by atoms with van der Waals surface area (Å²) >= 11 is 0. The van der Waals surface area contributed by atoms with Crippen LogP contribution in [0, 0.1) is 0 Å². The van der Waals surface area contributed by atoms with Crippen LogP contribution in [0.15, 0.2) is 24.3 Å². The zero-order valence-electron chi connectivity index (χ0n) is 21.0. The fourth-order valence-corrected chi connectivity index (χ4v) is 3.67. The van der Waals surface area contributed by atoms with Crippen molar-refractivity contribution in [2.24, 2.45) is 0 Å². The summed E-state index contributed by atoms with van der Waals surface area (Å²) in [5.74, 6) is 1.01. The third kappa shape index (κ3) is 13.3. The molecule has 1 aromatic carbocycles. The lowest BCUT2D eigenvalue weighted by molar-refractivity contribution is 0.205. The lowest BCUT2D eigenvalue weighted by atomic mass is 10.1. The predicted molar refractivity (Wildman–Crippen MR) is 134 cm³/mol. The Kier molecular flexibility index (Phi) is 20.4. The van der Waals surface area contributed by atoms with E-state index in [0.29, 0.717) is 0 Å². The molecule has 2 fully saturated rings. The van der Waals surface area contributed by atoms with E-state index in [1.54, 1.807) is 0 Å². The van der Waals surface area contributed by atoms with Crippen LogP contribution in [0.25, 0.3) is 0 Å². The van der Waals surface area contributed by atoms with Gasteiger partial charge in [0.1, 0.15) is 5.75 Å². The number of hydrogen-bond acceptors (Lipinski definition) is 4.